The van der Waals surface area contributed by atoms with Crippen LogP contribution in [0.15, 0.2) is 48.7 Å². The lowest BCUT2D eigenvalue weighted by Crippen LogP contribution is -2.42. The fraction of sp³-hybridized carbons (Fsp3) is 0.400. The highest BCUT2D eigenvalue weighted by atomic mass is 16.5. The van der Waals surface area contributed by atoms with Gasteiger partial charge in [-0.25, -0.2) is 4.98 Å². The molecule has 1 aromatic carbocycles. The molecule has 0 aliphatic carbocycles. The number of nitrogens with zero attached hydrogens (tertiary/aromatic N) is 2. The summed E-state index contributed by atoms with van der Waals surface area (Å²) >= 11 is 0. The molecule has 1 saturated heterocycles. The van der Waals surface area contributed by atoms with Gasteiger partial charge in [-0.15, -0.1) is 0 Å². The van der Waals surface area contributed by atoms with Crippen molar-refractivity contribution in [3.05, 3.63) is 48.7 Å². The van der Waals surface area contributed by atoms with Crippen LogP contribution in [0.1, 0.15) is 12.8 Å². The molecule has 1 amide bonds. The minimum absolute atomic E-state index is 0.0433. The highest BCUT2D eigenvalue weighted by Crippen LogP contribution is 2.22. The first-order valence-electron chi connectivity index (χ1n) is 8.98. The number of rotatable bonds is 7. The number of ether oxygens (including phenoxy) is 2. The van der Waals surface area contributed by atoms with Gasteiger partial charge in [-0.1, -0.05) is 6.07 Å². The molecule has 1 aliphatic heterocycles. The molecule has 1 aliphatic rings. The van der Waals surface area contributed by atoms with Gasteiger partial charge in [0, 0.05) is 25.4 Å². The normalized spacial score (nSPS) is 14.9. The molecule has 0 bridgehead atoms. The minimum atomic E-state index is 0.0433. The number of piperidine rings is 1. The molecule has 3 rings (SSSR count). The summed E-state index contributed by atoms with van der Waals surface area (Å²) in [5.41, 5.74) is 0. The Labute approximate surface area is 154 Å². The molecular weight excluding hydrogens is 330 g/mol. The van der Waals surface area contributed by atoms with E-state index in [0.717, 1.165) is 32.5 Å². The molecule has 0 unspecified atom stereocenters. The minimum Gasteiger partial charge on any atom is -0.484 e. The molecule has 6 nitrogen and oxygen atoms in total. The molecule has 2 aromatic rings. The molecule has 0 atom stereocenters. The lowest BCUT2D eigenvalue weighted by Gasteiger charge is -2.31. The van der Waals surface area contributed by atoms with Crippen LogP contribution in [0.2, 0.25) is 0 Å². The van der Waals surface area contributed by atoms with E-state index in [1.54, 1.807) is 36.5 Å². The van der Waals surface area contributed by atoms with Gasteiger partial charge in [0.05, 0.1) is 0 Å². The van der Waals surface area contributed by atoms with Crippen LogP contribution < -0.4 is 14.8 Å². The van der Waals surface area contributed by atoms with Gasteiger partial charge in [-0.05, 0) is 62.7 Å². The molecule has 1 aromatic heterocycles. The Morgan fingerprint density at radius 1 is 1.15 bits per heavy atom. The largest absolute Gasteiger partial charge is 0.484 e. The summed E-state index contributed by atoms with van der Waals surface area (Å²) in [4.78, 5) is 18.3. The highest BCUT2D eigenvalue weighted by molar-refractivity contribution is 5.77. The van der Waals surface area contributed by atoms with Crippen molar-refractivity contribution in [2.45, 2.75) is 12.8 Å². The van der Waals surface area contributed by atoms with E-state index in [1.165, 1.54) is 0 Å². The number of likely N-dealkylation sites (tertiary alicyclic amines) is 1. The zero-order valence-corrected chi connectivity index (χ0v) is 15.1. The highest BCUT2D eigenvalue weighted by Gasteiger charge is 2.22. The van der Waals surface area contributed by atoms with Crippen molar-refractivity contribution in [2.24, 2.45) is 5.92 Å². The van der Waals surface area contributed by atoms with Crippen molar-refractivity contribution in [3.8, 4) is 17.4 Å². The molecule has 0 spiro atoms. The van der Waals surface area contributed by atoms with E-state index in [9.17, 15) is 4.79 Å². The van der Waals surface area contributed by atoms with Crippen LogP contribution in [-0.4, -0.2) is 49.1 Å². The van der Waals surface area contributed by atoms with Gasteiger partial charge in [-0.2, -0.15) is 0 Å². The Morgan fingerprint density at radius 2 is 1.88 bits per heavy atom. The van der Waals surface area contributed by atoms with Gasteiger partial charge >= 0.3 is 0 Å². The molecule has 2 heterocycles. The molecule has 0 saturated carbocycles. The van der Waals surface area contributed by atoms with Crippen LogP contribution in [-0.2, 0) is 4.79 Å². The smallest absolute Gasteiger partial charge is 0.260 e. The van der Waals surface area contributed by atoms with Gasteiger partial charge in [0.15, 0.2) is 6.61 Å². The Hall–Kier alpha value is -2.60. The lowest BCUT2D eigenvalue weighted by molar-refractivity contribution is -0.134. The predicted octanol–water partition coefficient (Wildman–Crippen LogP) is 2.71. The summed E-state index contributed by atoms with van der Waals surface area (Å²) < 4.78 is 11.3. The monoisotopic (exact) mass is 355 g/mol. The van der Waals surface area contributed by atoms with Crippen LogP contribution in [0.3, 0.4) is 0 Å². The van der Waals surface area contributed by atoms with Crippen LogP contribution in [0, 0.1) is 5.92 Å². The van der Waals surface area contributed by atoms with Crippen molar-refractivity contribution in [1.82, 2.24) is 15.2 Å². The van der Waals surface area contributed by atoms with Crippen LogP contribution in [0.5, 0.6) is 17.4 Å². The van der Waals surface area contributed by atoms with E-state index in [0.29, 0.717) is 23.3 Å². The molecule has 26 heavy (non-hydrogen) atoms. The number of carbonyl (C=O) groups excluding carboxylic acids is 1. The molecule has 1 N–H and O–H groups in total. The van der Waals surface area contributed by atoms with E-state index in [2.05, 4.69) is 10.3 Å². The quantitative estimate of drug-likeness (QED) is 0.827. The van der Waals surface area contributed by atoms with E-state index in [1.807, 2.05) is 24.1 Å². The first-order valence-corrected chi connectivity index (χ1v) is 8.98. The van der Waals surface area contributed by atoms with E-state index >= 15 is 0 Å². The van der Waals surface area contributed by atoms with Gasteiger partial charge in [0.1, 0.15) is 11.5 Å². The summed E-state index contributed by atoms with van der Waals surface area (Å²) in [6.45, 7) is 2.71. The van der Waals surface area contributed by atoms with Gasteiger partial charge in [0.25, 0.3) is 5.91 Å². The number of hydrogen-bond donors (Lipinski definition) is 1. The van der Waals surface area contributed by atoms with Gasteiger partial charge in [-0.3, -0.25) is 4.79 Å². The third-order valence-electron chi connectivity index (χ3n) is 4.51. The lowest BCUT2D eigenvalue weighted by atomic mass is 9.97. The summed E-state index contributed by atoms with van der Waals surface area (Å²) in [7, 11) is 1.97. The Balaban J connectivity index is 1.44. The van der Waals surface area contributed by atoms with E-state index in [-0.39, 0.29) is 12.5 Å². The third-order valence-corrected chi connectivity index (χ3v) is 4.51. The third kappa shape index (κ3) is 5.20. The second-order valence-corrected chi connectivity index (χ2v) is 6.41. The maximum Gasteiger partial charge on any atom is 0.260 e. The number of amides is 1. The van der Waals surface area contributed by atoms with Crippen molar-refractivity contribution in [2.75, 3.05) is 33.3 Å². The topological polar surface area (TPSA) is 63.7 Å². The molecule has 1 fully saturated rings. The summed E-state index contributed by atoms with van der Waals surface area (Å²) in [6.07, 6.45) is 3.78. The summed E-state index contributed by atoms with van der Waals surface area (Å²) in [5.74, 6) is 2.57. The van der Waals surface area contributed by atoms with Crippen LogP contribution in [0.4, 0.5) is 0 Å². The van der Waals surface area contributed by atoms with Crippen LogP contribution in [0.25, 0.3) is 0 Å². The second-order valence-electron chi connectivity index (χ2n) is 6.41. The fourth-order valence-electron chi connectivity index (χ4n) is 3.04. The number of pyridine rings is 1. The predicted molar refractivity (Wildman–Crippen MR) is 99.5 cm³/mol. The van der Waals surface area contributed by atoms with Gasteiger partial charge in [0.2, 0.25) is 5.88 Å². The molecule has 6 heteroatoms. The van der Waals surface area contributed by atoms with Gasteiger partial charge < -0.3 is 19.7 Å². The van der Waals surface area contributed by atoms with E-state index in [4.69, 9.17) is 9.47 Å². The molecular formula is C20H25N3O3. The number of nitrogens with one attached hydrogen (secondary N) is 1. The maximum absolute atomic E-state index is 12.3. The number of benzene rings is 1. The molecule has 0 radical (unpaired) electrons. The number of aromatic nitrogens is 1. The summed E-state index contributed by atoms with van der Waals surface area (Å²) in [6, 6.07) is 12.7. The summed E-state index contributed by atoms with van der Waals surface area (Å²) in [5, 5.41) is 3.21. The van der Waals surface area contributed by atoms with Crippen molar-refractivity contribution in [3.63, 3.8) is 0 Å². The second kappa shape index (κ2) is 9.20. The average Bonchev–Trinajstić information content (AvgIpc) is 2.69. The Bertz CT molecular complexity index is 683. The Kier molecular flexibility index (Phi) is 6.44. The Morgan fingerprint density at radius 3 is 2.54 bits per heavy atom. The van der Waals surface area contributed by atoms with Crippen molar-refractivity contribution < 1.29 is 14.3 Å². The molecule has 138 valence electrons. The van der Waals surface area contributed by atoms with Crippen LogP contribution >= 0.6 is 0 Å². The van der Waals surface area contributed by atoms with Crippen molar-refractivity contribution in [1.29, 1.82) is 0 Å². The zero-order valence-electron chi connectivity index (χ0n) is 15.1. The first-order chi connectivity index (χ1) is 12.7. The average molecular weight is 355 g/mol. The maximum atomic E-state index is 12.3. The number of carbonyl (C=O) groups is 1. The number of hydrogen-bond acceptors (Lipinski definition) is 5. The van der Waals surface area contributed by atoms with Crippen molar-refractivity contribution >= 4 is 5.91 Å². The zero-order chi connectivity index (χ0) is 18.2. The van der Waals surface area contributed by atoms with E-state index < -0.39 is 0 Å². The first kappa shape index (κ1) is 18.2. The SMILES string of the molecule is CNCC1CCN(C(=O)COc2ccc(Oc3ccccn3)cc2)CC1. The fourth-order valence-corrected chi connectivity index (χ4v) is 3.04. The standard InChI is InChI=1S/C20H25N3O3/c1-21-14-16-9-12-23(13-10-16)20(24)15-25-17-5-7-18(8-6-17)26-19-4-2-3-11-22-19/h2-8,11,16,21H,9-10,12-15H2,1H3.